The number of para-hydroxylation sites is 2. The van der Waals surface area contributed by atoms with E-state index in [2.05, 4.69) is 26.7 Å². The zero-order valence-corrected chi connectivity index (χ0v) is 19.8. The predicted molar refractivity (Wildman–Crippen MR) is 141 cm³/mol. The summed E-state index contributed by atoms with van der Waals surface area (Å²) in [7, 11) is 0. The Balaban J connectivity index is 1.25. The largest absolute Gasteiger partial charge is 0.445 e. The van der Waals surface area contributed by atoms with Crippen molar-refractivity contribution in [1.29, 1.82) is 0 Å². The highest BCUT2D eigenvalue weighted by Crippen LogP contribution is 2.20. The van der Waals surface area contributed by atoms with E-state index in [9.17, 15) is 9.59 Å². The summed E-state index contributed by atoms with van der Waals surface area (Å²) in [6.07, 6.45) is 4.24. The van der Waals surface area contributed by atoms with E-state index in [1.165, 1.54) is 0 Å². The minimum absolute atomic E-state index is 0.134. The SMILES string of the molecule is O=C(N[C@@H](Cc1c[nH]c2ccccc12)C(=O)NCCc1c[nH]c2ccccc12)OCc1ccccc1. The molecule has 1 atom stereocenters. The maximum absolute atomic E-state index is 13.2. The van der Waals surface area contributed by atoms with Crippen molar-refractivity contribution in [3.63, 3.8) is 0 Å². The van der Waals surface area contributed by atoms with Crippen LogP contribution in [0.4, 0.5) is 4.79 Å². The Morgan fingerprint density at radius 1 is 0.778 bits per heavy atom. The number of ether oxygens (including phenoxy) is 1. The summed E-state index contributed by atoms with van der Waals surface area (Å²) in [5.74, 6) is -0.253. The number of hydrogen-bond acceptors (Lipinski definition) is 3. The van der Waals surface area contributed by atoms with Crippen molar-refractivity contribution >= 4 is 33.8 Å². The molecule has 7 nitrogen and oxygen atoms in total. The number of carbonyl (C=O) groups excluding carboxylic acids is 2. The lowest BCUT2D eigenvalue weighted by Crippen LogP contribution is -2.48. The minimum Gasteiger partial charge on any atom is -0.445 e. The van der Waals surface area contributed by atoms with E-state index in [-0.39, 0.29) is 12.5 Å². The van der Waals surface area contributed by atoms with Gasteiger partial charge in [-0.3, -0.25) is 4.79 Å². The Morgan fingerprint density at radius 3 is 2.11 bits per heavy atom. The van der Waals surface area contributed by atoms with Crippen LogP contribution in [0.3, 0.4) is 0 Å². The number of amides is 2. The number of rotatable bonds is 9. The quantitative estimate of drug-likeness (QED) is 0.243. The molecule has 0 bridgehead atoms. The first-order valence-corrected chi connectivity index (χ1v) is 12.0. The number of aromatic nitrogens is 2. The molecule has 2 heterocycles. The number of fused-ring (bicyclic) bond motifs is 2. The van der Waals surface area contributed by atoms with E-state index in [1.807, 2.05) is 85.2 Å². The summed E-state index contributed by atoms with van der Waals surface area (Å²) in [4.78, 5) is 32.3. The highest BCUT2D eigenvalue weighted by Gasteiger charge is 2.23. The van der Waals surface area contributed by atoms with E-state index in [4.69, 9.17) is 4.74 Å². The monoisotopic (exact) mass is 480 g/mol. The van der Waals surface area contributed by atoms with Gasteiger partial charge in [0.25, 0.3) is 0 Å². The summed E-state index contributed by atoms with van der Waals surface area (Å²) < 4.78 is 5.38. The maximum Gasteiger partial charge on any atom is 0.408 e. The fourth-order valence-corrected chi connectivity index (χ4v) is 4.42. The van der Waals surface area contributed by atoms with Crippen molar-refractivity contribution < 1.29 is 14.3 Å². The number of aromatic amines is 2. The Bertz CT molecular complexity index is 1470. The molecule has 2 amide bonds. The molecule has 5 aromatic rings. The molecule has 2 aromatic heterocycles. The molecule has 3 aromatic carbocycles. The van der Waals surface area contributed by atoms with Gasteiger partial charge in [0.2, 0.25) is 5.91 Å². The van der Waals surface area contributed by atoms with Gasteiger partial charge in [0, 0.05) is 47.2 Å². The van der Waals surface area contributed by atoms with Crippen LogP contribution in [-0.4, -0.2) is 34.6 Å². The molecule has 0 unspecified atom stereocenters. The van der Waals surface area contributed by atoms with E-state index in [0.29, 0.717) is 19.4 Å². The van der Waals surface area contributed by atoms with Gasteiger partial charge in [-0.15, -0.1) is 0 Å². The average molecular weight is 481 g/mol. The standard InChI is InChI=1S/C29H28N4O3/c34-28(30-15-14-21-17-31-25-12-6-4-10-23(21)25)27(16-22-18-32-26-13-7-5-11-24(22)26)33-29(35)36-19-20-8-2-1-3-9-20/h1-13,17-18,27,31-32H,14-16,19H2,(H,30,34)(H,33,35)/t27-/m0/s1. The van der Waals surface area contributed by atoms with Gasteiger partial charge in [0.15, 0.2) is 0 Å². The lowest BCUT2D eigenvalue weighted by molar-refractivity contribution is -0.123. The molecule has 0 aliphatic rings. The van der Waals surface area contributed by atoms with Gasteiger partial charge in [-0.05, 0) is 35.2 Å². The summed E-state index contributed by atoms with van der Waals surface area (Å²) in [5.41, 5.74) is 5.01. The van der Waals surface area contributed by atoms with Crippen LogP contribution in [0, 0.1) is 0 Å². The van der Waals surface area contributed by atoms with Crippen LogP contribution in [0.5, 0.6) is 0 Å². The molecular weight excluding hydrogens is 452 g/mol. The first-order valence-electron chi connectivity index (χ1n) is 12.0. The molecule has 5 rings (SSSR count). The first kappa shape index (κ1) is 23.2. The first-order chi connectivity index (χ1) is 17.7. The van der Waals surface area contributed by atoms with Crippen molar-refractivity contribution in [2.24, 2.45) is 0 Å². The van der Waals surface area contributed by atoms with Crippen LogP contribution in [0.25, 0.3) is 21.8 Å². The fourth-order valence-electron chi connectivity index (χ4n) is 4.42. The fraction of sp³-hybridized carbons (Fsp3) is 0.172. The predicted octanol–water partition coefficient (Wildman–Crippen LogP) is 4.85. The molecule has 7 heteroatoms. The van der Waals surface area contributed by atoms with E-state index < -0.39 is 12.1 Å². The van der Waals surface area contributed by atoms with Crippen molar-refractivity contribution in [2.45, 2.75) is 25.5 Å². The highest BCUT2D eigenvalue weighted by atomic mass is 16.5. The van der Waals surface area contributed by atoms with Crippen LogP contribution < -0.4 is 10.6 Å². The lowest BCUT2D eigenvalue weighted by atomic mass is 10.0. The molecule has 0 saturated heterocycles. The molecule has 0 radical (unpaired) electrons. The van der Waals surface area contributed by atoms with Crippen LogP contribution in [0.15, 0.2) is 91.3 Å². The van der Waals surface area contributed by atoms with Crippen LogP contribution >= 0.6 is 0 Å². The van der Waals surface area contributed by atoms with Crippen molar-refractivity contribution in [1.82, 2.24) is 20.6 Å². The third-order valence-corrected chi connectivity index (χ3v) is 6.29. The van der Waals surface area contributed by atoms with Crippen molar-refractivity contribution in [3.8, 4) is 0 Å². The third-order valence-electron chi connectivity index (χ3n) is 6.29. The molecule has 182 valence electrons. The number of H-pyrrole nitrogens is 2. The van der Waals surface area contributed by atoms with Crippen molar-refractivity contribution in [2.75, 3.05) is 6.54 Å². The Morgan fingerprint density at radius 2 is 1.39 bits per heavy atom. The summed E-state index contributed by atoms with van der Waals surface area (Å²) >= 11 is 0. The smallest absolute Gasteiger partial charge is 0.408 e. The molecule has 0 fully saturated rings. The Hall–Kier alpha value is -4.52. The molecular formula is C29H28N4O3. The van der Waals surface area contributed by atoms with Crippen LogP contribution in [0.2, 0.25) is 0 Å². The van der Waals surface area contributed by atoms with Crippen molar-refractivity contribution in [3.05, 3.63) is 108 Å². The summed E-state index contributed by atoms with van der Waals surface area (Å²) in [6.45, 7) is 0.584. The maximum atomic E-state index is 13.2. The van der Waals surface area contributed by atoms with Gasteiger partial charge in [-0.25, -0.2) is 4.79 Å². The minimum atomic E-state index is -0.782. The van der Waals surface area contributed by atoms with E-state index in [0.717, 1.165) is 38.5 Å². The van der Waals surface area contributed by atoms with Gasteiger partial charge >= 0.3 is 6.09 Å². The molecule has 0 saturated carbocycles. The summed E-state index contributed by atoms with van der Waals surface area (Å²) in [5, 5.41) is 7.93. The number of benzene rings is 3. The van der Waals surface area contributed by atoms with Gasteiger partial charge in [0.1, 0.15) is 12.6 Å². The number of carbonyl (C=O) groups is 2. The molecule has 0 aliphatic heterocycles. The van der Waals surface area contributed by atoms with Gasteiger partial charge in [0.05, 0.1) is 0 Å². The second-order valence-electron chi connectivity index (χ2n) is 8.72. The normalized spacial score (nSPS) is 11.9. The number of alkyl carbamates (subject to hydrolysis) is 1. The van der Waals surface area contributed by atoms with Gasteiger partial charge < -0.3 is 25.3 Å². The lowest BCUT2D eigenvalue weighted by Gasteiger charge is -2.18. The Kier molecular flexibility index (Phi) is 6.98. The van der Waals surface area contributed by atoms with Crippen LogP contribution in [0.1, 0.15) is 16.7 Å². The highest BCUT2D eigenvalue weighted by molar-refractivity contribution is 5.88. The second-order valence-corrected chi connectivity index (χ2v) is 8.72. The molecule has 4 N–H and O–H groups in total. The third kappa shape index (κ3) is 5.41. The van der Waals surface area contributed by atoms with E-state index in [1.54, 1.807) is 0 Å². The second kappa shape index (κ2) is 10.8. The number of hydrogen-bond donors (Lipinski definition) is 4. The molecule has 0 aliphatic carbocycles. The topological polar surface area (TPSA) is 99.0 Å². The van der Waals surface area contributed by atoms with Gasteiger partial charge in [-0.1, -0.05) is 66.7 Å². The average Bonchev–Trinajstić information content (AvgIpc) is 3.52. The van der Waals surface area contributed by atoms with Crippen LogP contribution in [-0.2, 0) is 29.0 Å². The zero-order valence-electron chi connectivity index (χ0n) is 19.8. The summed E-state index contributed by atoms with van der Waals surface area (Å²) in [6, 6.07) is 24.6. The Labute approximate surface area is 208 Å². The molecule has 36 heavy (non-hydrogen) atoms. The zero-order chi connectivity index (χ0) is 24.7. The molecule has 0 spiro atoms. The van der Waals surface area contributed by atoms with E-state index >= 15 is 0 Å². The number of nitrogens with one attached hydrogen (secondary N) is 4. The van der Waals surface area contributed by atoms with Gasteiger partial charge in [-0.2, -0.15) is 0 Å².